The highest BCUT2D eigenvalue weighted by Crippen LogP contribution is 2.30. The Bertz CT molecular complexity index is 791. The van der Waals surface area contributed by atoms with Crippen LogP contribution in [0, 0.1) is 6.92 Å². The van der Waals surface area contributed by atoms with Gasteiger partial charge in [-0.3, -0.25) is 4.57 Å². The number of primary sulfonamides is 1. The lowest BCUT2D eigenvalue weighted by Gasteiger charge is -2.24. The van der Waals surface area contributed by atoms with Gasteiger partial charge in [0, 0.05) is 16.1 Å². The second-order valence-electron chi connectivity index (χ2n) is 5.82. The maximum absolute atomic E-state index is 11.7. The Morgan fingerprint density at radius 3 is 2.33 bits per heavy atom. The van der Waals surface area contributed by atoms with Gasteiger partial charge in [-0.1, -0.05) is 11.6 Å². The van der Waals surface area contributed by atoms with Crippen LogP contribution in [0.1, 0.15) is 26.3 Å². The monoisotopic (exact) mass is 328 g/mol. The van der Waals surface area contributed by atoms with E-state index in [4.69, 9.17) is 16.7 Å². The Morgan fingerprint density at radius 2 is 1.86 bits per heavy atom. The van der Waals surface area contributed by atoms with Crippen LogP contribution < -0.4 is 5.14 Å². The highest BCUT2D eigenvalue weighted by Gasteiger charge is 2.29. The Kier molecular flexibility index (Phi) is 3.86. The molecule has 8 heteroatoms. The average Bonchev–Trinajstić information content (AvgIpc) is 2.72. The van der Waals surface area contributed by atoms with E-state index in [1.807, 2.05) is 27.7 Å². The molecule has 0 saturated heterocycles. The molecule has 2 N–H and O–H groups in total. The number of hydrogen-bond donors (Lipinski definition) is 1. The third kappa shape index (κ3) is 3.09. The summed E-state index contributed by atoms with van der Waals surface area (Å²) >= 11 is 5.95. The standard InChI is InChI=1S/C13H17ClN4O2S/c1-8-7-9(14)5-6-10(8)11-16-17-12(21(15,19)20)18(11)13(2,3)4/h5-7H,1-4H3,(H2,15,19,20). The molecule has 114 valence electrons. The van der Waals surface area contributed by atoms with Crippen molar-refractivity contribution >= 4 is 21.6 Å². The SMILES string of the molecule is Cc1cc(Cl)ccc1-c1nnc(S(N)(=O)=O)n1C(C)(C)C. The summed E-state index contributed by atoms with van der Waals surface area (Å²) in [6.45, 7) is 7.46. The zero-order chi connectivity index (χ0) is 16.0. The highest BCUT2D eigenvalue weighted by molar-refractivity contribution is 7.89. The summed E-state index contributed by atoms with van der Waals surface area (Å²) < 4.78 is 25.0. The van der Waals surface area contributed by atoms with Crippen LogP contribution in [0.5, 0.6) is 0 Å². The maximum Gasteiger partial charge on any atom is 0.273 e. The number of aromatic nitrogens is 3. The van der Waals surface area contributed by atoms with Crippen molar-refractivity contribution in [3.8, 4) is 11.4 Å². The van der Waals surface area contributed by atoms with E-state index in [2.05, 4.69) is 10.2 Å². The van der Waals surface area contributed by atoms with E-state index in [1.54, 1.807) is 18.2 Å². The number of hydrogen-bond acceptors (Lipinski definition) is 4. The van der Waals surface area contributed by atoms with Crippen molar-refractivity contribution in [3.05, 3.63) is 28.8 Å². The maximum atomic E-state index is 11.7. The van der Waals surface area contributed by atoms with Gasteiger partial charge in [-0.05, 0) is 51.5 Å². The molecule has 1 aromatic carbocycles. The van der Waals surface area contributed by atoms with E-state index in [1.165, 1.54) is 4.57 Å². The molecule has 0 aliphatic rings. The molecule has 0 aliphatic carbocycles. The van der Waals surface area contributed by atoms with Gasteiger partial charge >= 0.3 is 0 Å². The zero-order valence-corrected chi connectivity index (χ0v) is 13.8. The lowest BCUT2D eigenvalue weighted by atomic mass is 10.1. The van der Waals surface area contributed by atoms with Crippen LogP contribution in [0.25, 0.3) is 11.4 Å². The first-order chi connectivity index (χ1) is 9.51. The molecule has 0 radical (unpaired) electrons. The smallest absolute Gasteiger partial charge is 0.273 e. The summed E-state index contributed by atoms with van der Waals surface area (Å²) in [5.41, 5.74) is 1.09. The topological polar surface area (TPSA) is 90.9 Å². The summed E-state index contributed by atoms with van der Waals surface area (Å²) in [6.07, 6.45) is 0. The predicted octanol–water partition coefficient (Wildman–Crippen LogP) is 2.31. The van der Waals surface area contributed by atoms with Gasteiger partial charge in [0.15, 0.2) is 5.82 Å². The van der Waals surface area contributed by atoms with Crippen LogP contribution in [-0.4, -0.2) is 23.2 Å². The van der Waals surface area contributed by atoms with Gasteiger partial charge in [-0.15, -0.1) is 10.2 Å². The molecular formula is C13H17ClN4O2S. The third-order valence-electron chi connectivity index (χ3n) is 2.99. The molecule has 1 aromatic heterocycles. The molecular weight excluding hydrogens is 312 g/mol. The number of sulfonamides is 1. The Morgan fingerprint density at radius 1 is 1.24 bits per heavy atom. The molecule has 0 spiro atoms. The first kappa shape index (κ1) is 15.9. The van der Waals surface area contributed by atoms with Gasteiger partial charge in [0.2, 0.25) is 0 Å². The van der Waals surface area contributed by atoms with Gasteiger partial charge in [-0.2, -0.15) is 0 Å². The second kappa shape index (κ2) is 5.08. The molecule has 1 heterocycles. The van der Waals surface area contributed by atoms with Crippen molar-refractivity contribution in [3.63, 3.8) is 0 Å². The van der Waals surface area contributed by atoms with Gasteiger partial charge in [0.25, 0.3) is 15.2 Å². The predicted molar refractivity (Wildman–Crippen MR) is 81.6 cm³/mol. The molecule has 2 rings (SSSR count). The Hall–Kier alpha value is -1.44. The van der Waals surface area contributed by atoms with Crippen LogP contribution in [0.15, 0.2) is 23.4 Å². The normalized spacial score (nSPS) is 12.7. The highest BCUT2D eigenvalue weighted by atomic mass is 35.5. The van der Waals surface area contributed by atoms with Crippen molar-refractivity contribution in [1.29, 1.82) is 0 Å². The summed E-state index contributed by atoms with van der Waals surface area (Å²) in [7, 11) is -3.96. The fourth-order valence-corrected chi connectivity index (χ4v) is 3.11. The molecule has 2 aromatic rings. The van der Waals surface area contributed by atoms with Gasteiger partial charge in [0.05, 0.1) is 0 Å². The first-order valence-electron chi connectivity index (χ1n) is 6.27. The van der Waals surface area contributed by atoms with Crippen molar-refractivity contribution in [2.24, 2.45) is 5.14 Å². The largest absolute Gasteiger partial charge is 0.291 e. The van der Waals surface area contributed by atoms with Gasteiger partial charge in [-0.25, -0.2) is 13.6 Å². The molecule has 0 aliphatic heterocycles. The number of rotatable bonds is 2. The molecule has 0 atom stereocenters. The molecule has 0 amide bonds. The van der Waals surface area contributed by atoms with E-state index in [0.29, 0.717) is 10.8 Å². The number of nitrogens with two attached hydrogens (primary N) is 1. The minimum absolute atomic E-state index is 0.251. The van der Waals surface area contributed by atoms with E-state index in [0.717, 1.165) is 11.1 Å². The fourth-order valence-electron chi connectivity index (χ4n) is 2.11. The molecule has 0 unspecified atom stereocenters. The summed E-state index contributed by atoms with van der Waals surface area (Å²) in [6, 6.07) is 5.30. The van der Waals surface area contributed by atoms with Crippen molar-refractivity contribution < 1.29 is 8.42 Å². The zero-order valence-electron chi connectivity index (χ0n) is 12.3. The fraction of sp³-hybridized carbons (Fsp3) is 0.385. The van der Waals surface area contributed by atoms with Crippen LogP contribution in [0.4, 0.5) is 0 Å². The van der Waals surface area contributed by atoms with Gasteiger partial charge in [0.1, 0.15) is 0 Å². The van der Waals surface area contributed by atoms with Crippen LogP contribution in [-0.2, 0) is 15.6 Å². The lowest BCUT2D eigenvalue weighted by Crippen LogP contribution is -2.29. The van der Waals surface area contributed by atoms with Crippen molar-refractivity contribution in [2.75, 3.05) is 0 Å². The van der Waals surface area contributed by atoms with Crippen molar-refractivity contribution in [1.82, 2.24) is 14.8 Å². The third-order valence-corrected chi connectivity index (χ3v) is 4.00. The molecule has 21 heavy (non-hydrogen) atoms. The number of nitrogens with zero attached hydrogens (tertiary/aromatic N) is 3. The van der Waals surface area contributed by atoms with E-state index >= 15 is 0 Å². The number of aryl methyl sites for hydroxylation is 1. The summed E-state index contributed by atoms with van der Waals surface area (Å²) in [5.74, 6) is 0.445. The molecule has 0 saturated carbocycles. The number of benzene rings is 1. The van der Waals surface area contributed by atoms with Crippen LogP contribution in [0.3, 0.4) is 0 Å². The molecule has 0 bridgehead atoms. The van der Waals surface area contributed by atoms with E-state index in [9.17, 15) is 8.42 Å². The minimum Gasteiger partial charge on any atom is -0.291 e. The summed E-state index contributed by atoms with van der Waals surface area (Å²) in [4.78, 5) is 0. The number of halogens is 1. The average molecular weight is 329 g/mol. The molecule has 6 nitrogen and oxygen atoms in total. The first-order valence-corrected chi connectivity index (χ1v) is 8.19. The second-order valence-corrected chi connectivity index (χ2v) is 7.71. The quantitative estimate of drug-likeness (QED) is 0.915. The minimum atomic E-state index is -3.96. The lowest BCUT2D eigenvalue weighted by molar-refractivity contribution is 0.366. The van der Waals surface area contributed by atoms with E-state index < -0.39 is 15.6 Å². The van der Waals surface area contributed by atoms with Crippen LogP contribution >= 0.6 is 11.6 Å². The van der Waals surface area contributed by atoms with Crippen molar-refractivity contribution in [2.45, 2.75) is 38.4 Å². The summed E-state index contributed by atoms with van der Waals surface area (Å²) in [5, 5.41) is 13.4. The molecule has 0 fully saturated rings. The Balaban J connectivity index is 2.80. The van der Waals surface area contributed by atoms with Gasteiger partial charge < -0.3 is 0 Å². The van der Waals surface area contributed by atoms with E-state index in [-0.39, 0.29) is 5.16 Å². The Labute approximate surface area is 129 Å². The van der Waals surface area contributed by atoms with Crippen LogP contribution in [0.2, 0.25) is 5.02 Å².